The van der Waals surface area contributed by atoms with Crippen molar-refractivity contribution in [2.24, 2.45) is 5.73 Å². The van der Waals surface area contributed by atoms with Gasteiger partial charge in [0.1, 0.15) is 0 Å². The maximum atomic E-state index is 11.3. The molecule has 1 fully saturated rings. The minimum Gasteiger partial charge on any atom is -0.351 e. The van der Waals surface area contributed by atoms with Crippen LogP contribution in [-0.4, -0.2) is 22.4 Å². The molecule has 0 aromatic carbocycles. The van der Waals surface area contributed by atoms with Crippen molar-refractivity contribution in [3.63, 3.8) is 0 Å². The second-order valence-corrected chi connectivity index (χ2v) is 5.18. The Balaban J connectivity index is 2.29. The van der Waals surface area contributed by atoms with Gasteiger partial charge in [-0.2, -0.15) is 0 Å². The lowest BCUT2D eigenvalue weighted by molar-refractivity contribution is -0.119. The summed E-state index contributed by atoms with van der Waals surface area (Å²) in [7, 11) is 0. The normalized spacial score (nSPS) is 19.2. The average molecular weight is 216 g/mol. The lowest BCUT2D eigenvalue weighted by Gasteiger charge is -2.14. The molecule has 0 heterocycles. The molecule has 4 nitrogen and oxygen atoms in total. The SMILES string of the molecule is C[C@@H](SC1CCCC1)C(=O)NC(N)=O. The number of hydrogen-bond donors (Lipinski definition) is 2. The fourth-order valence-corrected chi connectivity index (χ4v) is 2.96. The Kier molecular flexibility index (Phi) is 4.25. The average Bonchev–Trinajstić information content (AvgIpc) is 2.55. The van der Waals surface area contributed by atoms with Gasteiger partial charge >= 0.3 is 6.03 Å². The lowest BCUT2D eigenvalue weighted by atomic mass is 10.4. The Morgan fingerprint density at radius 3 is 2.50 bits per heavy atom. The van der Waals surface area contributed by atoms with Crippen molar-refractivity contribution in [2.45, 2.75) is 43.1 Å². The number of thioether (sulfide) groups is 1. The third-order valence-electron chi connectivity index (χ3n) is 2.31. The number of nitrogens with one attached hydrogen (secondary N) is 1. The molecule has 1 saturated carbocycles. The molecule has 0 bridgehead atoms. The van der Waals surface area contributed by atoms with Crippen molar-refractivity contribution in [2.75, 3.05) is 0 Å². The second-order valence-electron chi connectivity index (χ2n) is 3.54. The Labute approximate surface area is 88.0 Å². The summed E-state index contributed by atoms with van der Waals surface area (Å²) in [6.45, 7) is 1.81. The Morgan fingerprint density at radius 2 is 2.00 bits per heavy atom. The van der Waals surface area contributed by atoms with Crippen LogP contribution in [0.5, 0.6) is 0 Å². The smallest absolute Gasteiger partial charge is 0.318 e. The topological polar surface area (TPSA) is 72.2 Å². The molecular weight excluding hydrogens is 200 g/mol. The molecule has 0 unspecified atom stereocenters. The van der Waals surface area contributed by atoms with Crippen LogP contribution in [0.1, 0.15) is 32.6 Å². The Bertz CT molecular complexity index is 227. The summed E-state index contributed by atoms with van der Waals surface area (Å²) in [6.07, 6.45) is 4.86. The van der Waals surface area contributed by atoms with Crippen molar-refractivity contribution in [3.05, 3.63) is 0 Å². The van der Waals surface area contributed by atoms with Crippen LogP contribution in [0.3, 0.4) is 0 Å². The standard InChI is InChI=1S/C9H16N2O2S/c1-6(8(12)11-9(10)13)14-7-4-2-3-5-7/h6-7H,2-5H2,1H3,(H3,10,11,12,13)/t6-/m1/s1. The molecule has 3 N–H and O–H groups in total. The Morgan fingerprint density at radius 1 is 1.43 bits per heavy atom. The van der Waals surface area contributed by atoms with Gasteiger partial charge in [-0.1, -0.05) is 12.8 Å². The molecule has 0 aromatic rings. The van der Waals surface area contributed by atoms with Crippen molar-refractivity contribution in [1.82, 2.24) is 5.32 Å². The highest BCUT2D eigenvalue weighted by Crippen LogP contribution is 2.32. The first-order valence-corrected chi connectivity index (χ1v) is 5.79. The van der Waals surface area contributed by atoms with Gasteiger partial charge in [-0.15, -0.1) is 11.8 Å². The zero-order valence-electron chi connectivity index (χ0n) is 8.29. The third kappa shape index (κ3) is 3.57. The lowest BCUT2D eigenvalue weighted by Crippen LogP contribution is -2.39. The van der Waals surface area contributed by atoms with E-state index < -0.39 is 6.03 Å². The van der Waals surface area contributed by atoms with E-state index in [1.54, 1.807) is 18.7 Å². The monoisotopic (exact) mass is 216 g/mol. The van der Waals surface area contributed by atoms with Crippen LogP contribution in [0.15, 0.2) is 0 Å². The van der Waals surface area contributed by atoms with Gasteiger partial charge in [0.25, 0.3) is 0 Å². The zero-order valence-corrected chi connectivity index (χ0v) is 9.10. The first-order chi connectivity index (χ1) is 6.59. The van der Waals surface area contributed by atoms with E-state index in [1.807, 2.05) is 0 Å². The van der Waals surface area contributed by atoms with Gasteiger partial charge in [0.15, 0.2) is 0 Å². The maximum Gasteiger partial charge on any atom is 0.318 e. The molecule has 0 aliphatic heterocycles. The molecule has 1 rings (SSSR count). The number of nitrogens with two attached hydrogens (primary N) is 1. The van der Waals surface area contributed by atoms with Crippen molar-refractivity contribution >= 4 is 23.7 Å². The van der Waals surface area contributed by atoms with E-state index in [4.69, 9.17) is 5.73 Å². The quantitative estimate of drug-likeness (QED) is 0.745. The number of urea groups is 1. The third-order valence-corrected chi connectivity index (χ3v) is 3.79. The molecule has 3 amide bonds. The molecule has 1 atom stereocenters. The van der Waals surface area contributed by atoms with E-state index in [-0.39, 0.29) is 11.2 Å². The Hall–Kier alpha value is -0.710. The van der Waals surface area contributed by atoms with E-state index in [9.17, 15) is 9.59 Å². The summed E-state index contributed by atoms with van der Waals surface area (Å²) >= 11 is 1.64. The highest BCUT2D eigenvalue weighted by atomic mass is 32.2. The number of carbonyl (C=O) groups is 2. The van der Waals surface area contributed by atoms with Crippen LogP contribution >= 0.6 is 11.8 Å². The highest BCUT2D eigenvalue weighted by Gasteiger charge is 2.22. The molecule has 0 aromatic heterocycles. The first-order valence-electron chi connectivity index (χ1n) is 4.85. The number of primary amides is 1. The van der Waals surface area contributed by atoms with Crippen LogP contribution in [0.4, 0.5) is 4.79 Å². The van der Waals surface area contributed by atoms with E-state index in [0.717, 1.165) is 0 Å². The molecule has 5 heteroatoms. The number of imide groups is 1. The minimum absolute atomic E-state index is 0.189. The molecule has 0 saturated heterocycles. The summed E-state index contributed by atoms with van der Waals surface area (Å²) in [4.78, 5) is 21.7. The van der Waals surface area contributed by atoms with Crippen LogP contribution in [0.2, 0.25) is 0 Å². The highest BCUT2D eigenvalue weighted by molar-refractivity contribution is 8.01. The van der Waals surface area contributed by atoms with Crippen LogP contribution in [-0.2, 0) is 4.79 Å². The fourth-order valence-electron chi connectivity index (χ4n) is 1.60. The van der Waals surface area contributed by atoms with E-state index in [2.05, 4.69) is 5.32 Å². The minimum atomic E-state index is -0.770. The fraction of sp³-hybridized carbons (Fsp3) is 0.778. The molecular formula is C9H16N2O2S. The van der Waals surface area contributed by atoms with Gasteiger partial charge < -0.3 is 5.73 Å². The predicted octanol–water partition coefficient (Wildman–Crippen LogP) is 1.25. The number of rotatable bonds is 3. The molecule has 0 radical (unpaired) electrons. The largest absolute Gasteiger partial charge is 0.351 e. The molecule has 0 spiro atoms. The summed E-state index contributed by atoms with van der Waals surface area (Å²) in [5.74, 6) is -0.283. The van der Waals surface area contributed by atoms with Crippen molar-refractivity contribution < 1.29 is 9.59 Å². The van der Waals surface area contributed by atoms with Crippen LogP contribution < -0.4 is 11.1 Å². The molecule has 1 aliphatic rings. The number of carbonyl (C=O) groups excluding carboxylic acids is 2. The first kappa shape index (κ1) is 11.4. The van der Waals surface area contributed by atoms with E-state index in [0.29, 0.717) is 5.25 Å². The van der Waals surface area contributed by atoms with Gasteiger partial charge in [0.05, 0.1) is 5.25 Å². The van der Waals surface area contributed by atoms with Gasteiger partial charge in [-0.05, 0) is 19.8 Å². The van der Waals surface area contributed by atoms with E-state index >= 15 is 0 Å². The van der Waals surface area contributed by atoms with Crippen LogP contribution in [0.25, 0.3) is 0 Å². The molecule has 14 heavy (non-hydrogen) atoms. The van der Waals surface area contributed by atoms with Gasteiger partial charge in [-0.25, -0.2) is 4.79 Å². The van der Waals surface area contributed by atoms with Crippen molar-refractivity contribution in [3.8, 4) is 0 Å². The van der Waals surface area contributed by atoms with Gasteiger partial charge in [0, 0.05) is 5.25 Å². The summed E-state index contributed by atoms with van der Waals surface area (Å²) in [5, 5.41) is 2.48. The maximum absolute atomic E-state index is 11.3. The second kappa shape index (κ2) is 5.24. The summed E-state index contributed by atoms with van der Waals surface area (Å²) in [5.41, 5.74) is 4.86. The predicted molar refractivity (Wildman–Crippen MR) is 57.0 cm³/mol. The summed E-state index contributed by atoms with van der Waals surface area (Å²) in [6, 6.07) is -0.770. The molecule has 80 valence electrons. The van der Waals surface area contributed by atoms with Gasteiger partial charge in [-0.3, -0.25) is 10.1 Å². The number of amides is 3. The van der Waals surface area contributed by atoms with Crippen LogP contribution in [0, 0.1) is 0 Å². The number of hydrogen-bond acceptors (Lipinski definition) is 3. The summed E-state index contributed by atoms with van der Waals surface area (Å²) < 4.78 is 0. The zero-order chi connectivity index (χ0) is 10.6. The van der Waals surface area contributed by atoms with E-state index in [1.165, 1.54) is 25.7 Å². The molecule has 1 aliphatic carbocycles. The van der Waals surface area contributed by atoms with Gasteiger partial charge in [0.2, 0.25) is 5.91 Å². The van der Waals surface area contributed by atoms with Crippen molar-refractivity contribution in [1.29, 1.82) is 0 Å².